The van der Waals surface area contributed by atoms with Crippen molar-refractivity contribution in [3.63, 3.8) is 0 Å². The van der Waals surface area contributed by atoms with Crippen LogP contribution in [-0.2, 0) is 15.0 Å². The number of nitrogens with two attached hydrogens (primary N) is 1. The molecular formula is C25H34FN3O4. The summed E-state index contributed by atoms with van der Waals surface area (Å²) in [6, 6.07) is 3.48. The minimum Gasteiger partial charge on any atom is -0.426 e. The second-order valence-electron chi connectivity index (χ2n) is 9.01. The van der Waals surface area contributed by atoms with Gasteiger partial charge in [0.25, 0.3) is 0 Å². The lowest BCUT2D eigenvalue weighted by molar-refractivity contribution is -0.136. The number of rotatable bonds is 11. The second-order valence-corrected chi connectivity index (χ2v) is 9.01. The molecule has 0 radical (unpaired) electrons. The van der Waals surface area contributed by atoms with Crippen molar-refractivity contribution in [2.45, 2.75) is 85.0 Å². The molecule has 180 valence electrons. The molecule has 0 bridgehead atoms. The number of aromatic nitrogens is 2. The zero-order valence-electron chi connectivity index (χ0n) is 20.2. The molecule has 0 aliphatic rings. The number of benzene rings is 1. The predicted octanol–water partition coefficient (Wildman–Crippen LogP) is 5.35. The van der Waals surface area contributed by atoms with Crippen molar-refractivity contribution >= 4 is 17.8 Å². The first-order chi connectivity index (χ1) is 15.5. The van der Waals surface area contributed by atoms with Gasteiger partial charge in [0, 0.05) is 17.4 Å². The summed E-state index contributed by atoms with van der Waals surface area (Å²) in [5.41, 5.74) is 7.29. The Labute approximate surface area is 194 Å². The minimum atomic E-state index is -0.790. The van der Waals surface area contributed by atoms with Crippen molar-refractivity contribution in [2.24, 2.45) is 0 Å². The van der Waals surface area contributed by atoms with E-state index in [9.17, 15) is 14.0 Å². The van der Waals surface area contributed by atoms with Crippen LogP contribution in [0.4, 0.5) is 10.2 Å². The summed E-state index contributed by atoms with van der Waals surface area (Å²) in [5.74, 6) is -1.64. The van der Waals surface area contributed by atoms with E-state index in [0.717, 1.165) is 55.0 Å². The fourth-order valence-corrected chi connectivity index (χ4v) is 3.92. The van der Waals surface area contributed by atoms with Gasteiger partial charge in [-0.2, -0.15) is 4.98 Å². The fraction of sp³-hybridized carbons (Fsp3) is 0.520. The standard InChI is InChI=1S/C25H34FN3O4/c1-6-7-8-9-10-11-20(30)32-19-13-16(2)12-17(3)22(19)25(4,5)14-21(31)33-24-28-15-18(26)23(27)29-24/h12-13,15H,6-11,14H2,1-5H3,(H2,27,28,29). The highest BCUT2D eigenvalue weighted by Gasteiger charge is 2.31. The Balaban J connectivity index is 2.14. The van der Waals surface area contributed by atoms with Gasteiger partial charge in [0.15, 0.2) is 11.6 Å². The van der Waals surface area contributed by atoms with Crippen LogP contribution in [0.1, 0.15) is 82.4 Å². The third kappa shape index (κ3) is 7.80. The molecule has 1 aromatic carbocycles. The van der Waals surface area contributed by atoms with Crippen LogP contribution in [0.5, 0.6) is 11.8 Å². The monoisotopic (exact) mass is 459 g/mol. The first-order valence-corrected chi connectivity index (χ1v) is 11.3. The lowest BCUT2D eigenvalue weighted by Gasteiger charge is -2.28. The summed E-state index contributed by atoms with van der Waals surface area (Å²) < 4.78 is 24.2. The van der Waals surface area contributed by atoms with Gasteiger partial charge >= 0.3 is 17.9 Å². The number of hydrogen-bond acceptors (Lipinski definition) is 7. The maximum Gasteiger partial charge on any atom is 0.326 e. The number of esters is 2. The Kier molecular flexibility index (Phi) is 9.32. The van der Waals surface area contributed by atoms with Gasteiger partial charge in [-0.25, -0.2) is 9.37 Å². The van der Waals surface area contributed by atoms with Crippen LogP contribution in [0.3, 0.4) is 0 Å². The SMILES string of the molecule is CCCCCCCC(=O)Oc1cc(C)cc(C)c1C(C)(C)CC(=O)Oc1ncc(F)c(N)n1. The summed E-state index contributed by atoms with van der Waals surface area (Å²) in [6.45, 7) is 9.73. The van der Waals surface area contributed by atoms with Crippen LogP contribution in [0.15, 0.2) is 18.3 Å². The first kappa shape index (κ1) is 26.2. The van der Waals surface area contributed by atoms with Crippen molar-refractivity contribution in [3.05, 3.63) is 40.8 Å². The van der Waals surface area contributed by atoms with Gasteiger partial charge in [-0.05, 0) is 37.5 Å². The molecule has 7 nitrogen and oxygen atoms in total. The van der Waals surface area contributed by atoms with Gasteiger partial charge in [0.2, 0.25) is 0 Å². The lowest BCUT2D eigenvalue weighted by Crippen LogP contribution is -2.27. The average molecular weight is 460 g/mol. The zero-order chi connectivity index (χ0) is 24.6. The van der Waals surface area contributed by atoms with Gasteiger partial charge in [-0.3, -0.25) is 9.59 Å². The molecule has 0 amide bonds. The molecule has 2 N–H and O–H groups in total. The van der Waals surface area contributed by atoms with E-state index in [2.05, 4.69) is 16.9 Å². The average Bonchev–Trinajstić information content (AvgIpc) is 2.69. The quantitative estimate of drug-likeness (QED) is 0.274. The molecular weight excluding hydrogens is 425 g/mol. The van der Waals surface area contributed by atoms with Crippen LogP contribution in [0.25, 0.3) is 0 Å². The molecule has 8 heteroatoms. The third-order valence-electron chi connectivity index (χ3n) is 5.37. The van der Waals surface area contributed by atoms with E-state index in [1.165, 1.54) is 0 Å². The molecule has 0 aliphatic carbocycles. The van der Waals surface area contributed by atoms with E-state index in [1.54, 1.807) is 0 Å². The maximum atomic E-state index is 13.3. The summed E-state index contributed by atoms with van der Waals surface area (Å²) in [5, 5.41) is 0. The van der Waals surface area contributed by atoms with E-state index in [4.69, 9.17) is 15.2 Å². The Morgan fingerprint density at radius 3 is 2.42 bits per heavy atom. The van der Waals surface area contributed by atoms with Crippen molar-refractivity contribution in [1.29, 1.82) is 0 Å². The summed E-state index contributed by atoms with van der Waals surface area (Å²) in [6.07, 6.45) is 6.36. The first-order valence-electron chi connectivity index (χ1n) is 11.3. The fourth-order valence-electron chi connectivity index (χ4n) is 3.92. The lowest BCUT2D eigenvalue weighted by atomic mass is 9.78. The Bertz CT molecular complexity index is 992. The van der Waals surface area contributed by atoms with Crippen molar-refractivity contribution in [3.8, 4) is 11.8 Å². The van der Waals surface area contributed by atoms with Crippen LogP contribution >= 0.6 is 0 Å². The Morgan fingerprint density at radius 2 is 1.76 bits per heavy atom. The van der Waals surface area contributed by atoms with Crippen molar-refractivity contribution in [2.75, 3.05) is 5.73 Å². The van der Waals surface area contributed by atoms with Crippen molar-refractivity contribution < 1.29 is 23.5 Å². The molecule has 2 aromatic rings. The van der Waals surface area contributed by atoms with E-state index in [1.807, 2.05) is 39.8 Å². The zero-order valence-corrected chi connectivity index (χ0v) is 20.2. The summed E-state index contributed by atoms with van der Waals surface area (Å²) in [7, 11) is 0. The molecule has 0 spiro atoms. The van der Waals surface area contributed by atoms with Crippen LogP contribution in [-0.4, -0.2) is 21.9 Å². The number of anilines is 1. The highest BCUT2D eigenvalue weighted by Crippen LogP contribution is 2.38. The van der Waals surface area contributed by atoms with E-state index < -0.39 is 23.0 Å². The number of aryl methyl sites for hydroxylation is 2. The number of unbranched alkanes of at least 4 members (excludes halogenated alkanes) is 4. The second kappa shape index (κ2) is 11.7. The normalized spacial score (nSPS) is 11.3. The Hall–Kier alpha value is -3.03. The smallest absolute Gasteiger partial charge is 0.326 e. The molecule has 0 aliphatic heterocycles. The highest BCUT2D eigenvalue weighted by molar-refractivity contribution is 5.75. The van der Waals surface area contributed by atoms with Gasteiger partial charge in [0.05, 0.1) is 12.6 Å². The molecule has 0 unspecified atom stereocenters. The summed E-state index contributed by atoms with van der Waals surface area (Å²) in [4.78, 5) is 32.4. The number of nitrogen functional groups attached to an aromatic ring is 1. The van der Waals surface area contributed by atoms with Crippen molar-refractivity contribution in [1.82, 2.24) is 9.97 Å². The molecule has 1 aromatic heterocycles. The molecule has 0 atom stereocenters. The number of nitrogens with zero attached hydrogens (tertiary/aromatic N) is 2. The number of ether oxygens (including phenoxy) is 2. The molecule has 2 rings (SSSR count). The van der Waals surface area contributed by atoms with E-state index >= 15 is 0 Å². The summed E-state index contributed by atoms with van der Waals surface area (Å²) >= 11 is 0. The van der Waals surface area contributed by atoms with Crippen LogP contribution in [0.2, 0.25) is 0 Å². The molecule has 0 fully saturated rings. The Morgan fingerprint density at radius 1 is 1.06 bits per heavy atom. The van der Waals surface area contributed by atoms with Gasteiger partial charge in [-0.15, -0.1) is 0 Å². The molecule has 1 heterocycles. The maximum absolute atomic E-state index is 13.3. The van der Waals surface area contributed by atoms with E-state index in [0.29, 0.717) is 12.2 Å². The van der Waals surface area contributed by atoms with Crippen LogP contribution in [0, 0.1) is 19.7 Å². The molecule has 33 heavy (non-hydrogen) atoms. The predicted molar refractivity (Wildman–Crippen MR) is 125 cm³/mol. The number of hydrogen-bond donors (Lipinski definition) is 1. The molecule has 0 saturated heterocycles. The van der Waals surface area contributed by atoms with Crippen LogP contribution < -0.4 is 15.2 Å². The largest absolute Gasteiger partial charge is 0.426 e. The number of carbonyl (C=O) groups excluding carboxylic acids is 2. The number of carbonyl (C=O) groups is 2. The number of halogens is 1. The van der Waals surface area contributed by atoms with Gasteiger partial charge < -0.3 is 15.2 Å². The highest BCUT2D eigenvalue weighted by atomic mass is 19.1. The molecule has 0 saturated carbocycles. The van der Waals surface area contributed by atoms with Gasteiger partial charge in [0.1, 0.15) is 5.75 Å². The minimum absolute atomic E-state index is 0.0425. The van der Waals surface area contributed by atoms with E-state index in [-0.39, 0.29) is 18.4 Å². The topological polar surface area (TPSA) is 104 Å². The van der Waals surface area contributed by atoms with Gasteiger partial charge in [-0.1, -0.05) is 52.5 Å². The third-order valence-corrected chi connectivity index (χ3v) is 5.37.